The van der Waals surface area contributed by atoms with Crippen molar-refractivity contribution < 1.29 is 9.90 Å². The van der Waals surface area contributed by atoms with Gasteiger partial charge in [-0.1, -0.05) is 85.6 Å². The van der Waals surface area contributed by atoms with E-state index in [-0.39, 0.29) is 18.4 Å². The van der Waals surface area contributed by atoms with Gasteiger partial charge in [-0.25, -0.2) is 4.98 Å². The molecular formula is C35H37N3O2. The number of nitrogens with zero attached hydrogens (tertiary/aromatic N) is 2. The maximum atomic E-state index is 13.9. The molecule has 2 atom stereocenters. The average Bonchev–Trinajstić information content (AvgIpc) is 3.60. The van der Waals surface area contributed by atoms with E-state index in [2.05, 4.69) is 78.3 Å². The molecule has 0 radical (unpaired) electrons. The Kier molecular flexibility index (Phi) is 7.40. The van der Waals surface area contributed by atoms with Crippen molar-refractivity contribution in [2.24, 2.45) is 5.92 Å². The van der Waals surface area contributed by atoms with Crippen molar-refractivity contribution in [3.05, 3.63) is 113 Å². The SMILES string of the molecule is Cc1cc(C)c2c3ccccc3n(Cc3cccc([C@@H](C(=O)N[C@@H](CO)c4ccccc4)C4CCCC4)c3)c2n1. The first-order valence-electron chi connectivity index (χ1n) is 14.4. The third kappa shape index (κ3) is 5.02. The Morgan fingerprint density at radius 3 is 2.45 bits per heavy atom. The van der Waals surface area contributed by atoms with Crippen molar-refractivity contribution in [2.45, 2.75) is 58.0 Å². The first kappa shape index (κ1) is 26.3. The Morgan fingerprint density at radius 2 is 1.68 bits per heavy atom. The highest BCUT2D eigenvalue weighted by Gasteiger charge is 2.33. The molecule has 3 aromatic carbocycles. The number of para-hydroxylation sites is 1. The van der Waals surface area contributed by atoms with Crippen LogP contribution in [0.25, 0.3) is 21.9 Å². The van der Waals surface area contributed by atoms with Crippen LogP contribution in [-0.4, -0.2) is 27.2 Å². The molecule has 5 nitrogen and oxygen atoms in total. The molecule has 0 bridgehead atoms. The van der Waals surface area contributed by atoms with E-state index >= 15 is 0 Å². The third-order valence-corrected chi connectivity index (χ3v) is 8.55. The lowest BCUT2D eigenvalue weighted by atomic mass is 9.83. The Bertz CT molecular complexity index is 1650. The number of aliphatic hydroxyl groups excluding tert-OH is 1. The standard InChI is InChI=1S/C35H37N3O2/c1-23-19-24(2)36-34-32(23)29-17-8-9-18-31(29)38(34)21-25-11-10-16-28(20-25)33(27-14-6-7-15-27)35(40)37-30(22-39)26-12-4-3-5-13-26/h3-5,8-13,16-20,27,30,33,39H,6-7,14-15,21-22H2,1-2H3,(H,37,40)/t30-,33-/m0/s1. The number of carbonyl (C=O) groups excluding carboxylic acids is 1. The zero-order chi connectivity index (χ0) is 27.6. The summed E-state index contributed by atoms with van der Waals surface area (Å²) in [7, 11) is 0. The molecule has 0 spiro atoms. The normalized spacial score (nSPS) is 15.5. The van der Waals surface area contributed by atoms with Gasteiger partial charge in [0.15, 0.2) is 0 Å². The Hall–Kier alpha value is -3.96. The largest absolute Gasteiger partial charge is 0.394 e. The number of nitrogens with one attached hydrogen (secondary N) is 1. The van der Waals surface area contributed by atoms with Crippen molar-refractivity contribution in [1.82, 2.24) is 14.9 Å². The molecule has 0 aliphatic heterocycles. The van der Waals surface area contributed by atoms with Crippen molar-refractivity contribution in [3.8, 4) is 0 Å². The maximum absolute atomic E-state index is 13.9. The van der Waals surface area contributed by atoms with Gasteiger partial charge in [-0.15, -0.1) is 0 Å². The Morgan fingerprint density at radius 1 is 0.950 bits per heavy atom. The molecule has 2 N–H and O–H groups in total. The molecule has 0 saturated heterocycles. The topological polar surface area (TPSA) is 67.2 Å². The van der Waals surface area contributed by atoms with Gasteiger partial charge in [-0.2, -0.15) is 0 Å². The van der Waals surface area contributed by atoms with E-state index in [1.165, 1.54) is 21.9 Å². The quantitative estimate of drug-likeness (QED) is 0.227. The Balaban J connectivity index is 1.36. The molecule has 6 rings (SSSR count). The van der Waals surface area contributed by atoms with E-state index in [1.54, 1.807) is 0 Å². The molecule has 2 aromatic heterocycles. The second kappa shape index (κ2) is 11.3. The van der Waals surface area contributed by atoms with Gasteiger partial charge in [0.1, 0.15) is 5.65 Å². The molecule has 1 aliphatic carbocycles. The van der Waals surface area contributed by atoms with E-state index in [4.69, 9.17) is 4.98 Å². The van der Waals surface area contributed by atoms with Gasteiger partial charge in [0.05, 0.1) is 24.1 Å². The molecule has 204 valence electrons. The number of amides is 1. The zero-order valence-electron chi connectivity index (χ0n) is 23.3. The number of aliphatic hydroxyl groups is 1. The van der Waals surface area contributed by atoms with Gasteiger partial charge in [0, 0.05) is 23.0 Å². The van der Waals surface area contributed by atoms with Gasteiger partial charge in [-0.05, 0) is 67.0 Å². The van der Waals surface area contributed by atoms with Crippen molar-refractivity contribution in [2.75, 3.05) is 6.61 Å². The molecule has 0 unspecified atom stereocenters. The summed E-state index contributed by atoms with van der Waals surface area (Å²) in [6.45, 7) is 4.76. The summed E-state index contributed by atoms with van der Waals surface area (Å²) < 4.78 is 2.31. The minimum atomic E-state index is -0.420. The van der Waals surface area contributed by atoms with Crippen LogP contribution in [0.2, 0.25) is 0 Å². The number of carbonyl (C=O) groups is 1. The number of hydrogen-bond donors (Lipinski definition) is 2. The fraction of sp³-hybridized carbons (Fsp3) is 0.314. The van der Waals surface area contributed by atoms with Crippen molar-refractivity contribution in [3.63, 3.8) is 0 Å². The number of pyridine rings is 1. The number of fused-ring (bicyclic) bond motifs is 3. The van der Waals surface area contributed by atoms with Crippen LogP contribution in [0.4, 0.5) is 0 Å². The van der Waals surface area contributed by atoms with Gasteiger partial charge >= 0.3 is 0 Å². The zero-order valence-corrected chi connectivity index (χ0v) is 23.3. The summed E-state index contributed by atoms with van der Waals surface area (Å²) in [4.78, 5) is 18.9. The lowest BCUT2D eigenvalue weighted by molar-refractivity contribution is -0.124. The monoisotopic (exact) mass is 531 g/mol. The molecule has 5 heteroatoms. The van der Waals surface area contributed by atoms with Gasteiger partial charge in [0.2, 0.25) is 5.91 Å². The molecule has 1 saturated carbocycles. The van der Waals surface area contributed by atoms with Crippen LogP contribution in [0.5, 0.6) is 0 Å². The lowest BCUT2D eigenvalue weighted by Crippen LogP contribution is -2.37. The predicted octanol–water partition coefficient (Wildman–Crippen LogP) is 6.98. The highest BCUT2D eigenvalue weighted by Crippen LogP contribution is 2.39. The van der Waals surface area contributed by atoms with E-state index in [0.29, 0.717) is 12.5 Å². The first-order valence-corrected chi connectivity index (χ1v) is 14.4. The molecule has 1 amide bonds. The number of rotatable bonds is 8. The summed E-state index contributed by atoms with van der Waals surface area (Å²) in [5.41, 5.74) is 7.54. The molecular weight excluding hydrogens is 494 g/mol. The lowest BCUT2D eigenvalue weighted by Gasteiger charge is -2.26. The van der Waals surface area contributed by atoms with Gasteiger partial charge in [0.25, 0.3) is 0 Å². The first-order chi connectivity index (χ1) is 19.5. The van der Waals surface area contributed by atoms with E-state index in [1.807, 2.05) is 30.3 Å². The fourth-order valence-corrected chi connectivity index (χ4v) is 6.72. The second-order valence-corrected chi connectivity index (χ2v) is 11.3. The number of benzene rings is 3. The number of aryl methyl sites for hydroxylation is 2. The van der Waals surface area contributed by atoms with Crippen molar-refractivity contribution in [1.29, 1.82) is 0 Å². The van der Waals surface area contributed by atoms with Crippen LogP contribution in [0.1, 0.15) is 65.6 Å². The summed E-state index contributed by atoms with van der Waals surface area (Å²) in [5, 5.41) is 15.7. The molecule has 1 aliphatic rings. The maximum Gasteiger partial charge on any atom is 0.228 e. The van der Waals surface area contributed by atoms with Crippen LogP contribution >= 0.6 is 0 Å². The Labute approximate surface area is 235 Å². The molecule has 5 aromatic rings. The predicted molar refractivity (Wildman–Crippen MR) is 161 cm³/mol. The third-order valence-electron chi connectivity index (χ3n) is 8.55. The minimum absolute atomic E-state index is 0.00302. The fourth-order valence-electron chi connectivity index (χ4n) is 6.72. The van der Waals surface area contributed by atoms with Gasteiger partial charge in [-0.3, -0.25) is 4.79 Å². The average molecular weight is 532 g/mol. The van der Waals surface area contributed by atoms with Crippen LogP contribution in [-0.2, 0) is 11.3 Å². The molecule has 2 heterocycles. The summed E-state index contributed by atoms with van der Waals surface area (Å²) >= 11 is 0. The van der Waals surface area contributed by atoms with Crippen LogP contribution in [0, 0.1) is 19.8 Å². The van der Waals surface area contributed by atoms with Gasteiger partial charge < -0.3 is 15.0 Å². The highest BCUT2D eigenvalue weighted by molar-refractivity contribution is 6.08. The van der Waals surface area contributed by atoms with Crippen LogP contribution in [0.15, 0.2) is 84.9 Å². The van der Waals surface area contributed by atoms with Crippen LogP contribution in [0.3, 0.4) is 0 Å². The van der Waals surface area contributed by atoms with E-state index in [9.17, 15) is 9.90 Å². The summed E-state index contributed by atoms with van der Waals surface area (Å²) in [5.74, 6) is 0.0447. The molecule has 1 fully saturated rings. The second-order valence-electron chi connectivity index (χ2n) is 11.3. The number of aromatic nitrogens is 2. The highest BCUT2D eigenvalue weighted by atomic mass is 16.3. The molecule has 40 heavy (non-hydrogen) atoms. The number of hydrogen-bond acceptors (Lipinski definition) is 3. The van der Waals surface area contributed by atoms with E-state index in [0.717, 1.165) is 53.7 Å². The minimum Gasteiger partial charge on any atom is -0.394 e. The van der Waals surface area contributed by atoms with Crippen LogP contribution < -0.4 is 5.32 Å². The van der Waals surface area contributed by atoms with Crippen molar-refractivity contribution >= 4 is 27.8 Å². The smallest absolute Gasteiger partial charge is 0.228 e. The summed E-state index contributed by atoms with van der Waals surface area (Å²) in [6.07, 6.45) is 4.41. The van der Waals surface area contributed by atoms with E-state index < -0.39 is 6.04 Å². The summed E-state index contributed by atoms with van der Waals surface area (Å²) in [6, 6.07) is 28.5.